The normalized spacial score (nSPS) is 25.4. The lowest BCUT2D eigenvalue weighted by Crippen LogP contribution is -2.22. The molecule has 3 atom stereocenters. The van der Waals surface area contributed by atoms with Crippen molar-refractivity contribution < 1.29 is 38.1 Å². The van der Waals surface area contributed by atoms with Crippen LogP contribution in [0, 0.1) is 5.92 Å². The Bertz CT molecular complexity index is 349. The van der Waals surface area contributed by atoms with Crippen LogP contribution < -0.4 is 0 Å². The van der Waals surface area contributed by atoms with E-state index in [9.17, 15) is 19.2 Å². The second kappa shape index (κ2) is 5.28. The van der Waals surface area contributed by atoms with Gasteiger partial charge in [-0.25, -0.2) is 14.4 Å². The molecule has 1 saturated carbocycles. The van der Waals surface area contributed by atoms with Crippen molar-refractivity contribution in [3.63, 3.8) is 0 Å². The minimum absolute atomic E-state index is 0.461. The molecule has 0 aromatic carbocycles. The van der Waals surface area contributed by atoms with E-state index in [-0.39, 0.29) is 0 Å². The minimum Gasteiger partial charge on any atom is -0.461 e. The van der Waals surface area contributed by atoms with E-state index < -0.39 is 36.2 Å². The third kappa shape index (κ3) is 2.92. The molecule has 0 aliphatic heterocycles. The minimum atomic E-state index is -1.25. The molecule has 0 N–H and O–H groups in total. The molecule has 94 valence electrons. The molecule has 1 rings (SSSR count). The number of hydrogen-bond acceptors (Lipinski definition) is 8. The van der Waals surface area contributed by atoms with E-state index >= 15 is 0 Å². The summed E-state index contributed by atoms with van der Waals surface area (Å²) in [4.78, 5) is 43.0. The van der Waals surface area contributed by atoms with E-state index in [1.807, 2.05) is 0 Å². The molecule has 0 unspecified atom stereocenters. The van der Waals surface area contributed by atoms with Gasteiger partial charge in [-0.05, 0) is 0 Å². The molecule has 0 aromatic heterocycles. The highest BCUT2D eigenvalue weighted by Gasteiger charge is 2.58. The molecule has 0 spiro atoms. The number of aldehydes is 1. The van der Waals surface area contributed by atoms with Gasteiger partial charge in [0.2, 0.25) is 0 Å². The third-order valence-electron chi connectivity index (χ3n) is 2.09. The summed E-state index contributed by atoms with van der Waals surface area (Å²) in [5.41, 5.74) is 0. The first-order valence-corrected chi connectivity index (χ1v) is 4.54. The predicted octanol–water partition coefficient (Wildman–Crippen LogP) is -0.949. The highest BCUT2D eigenvalue weighted by molar-refractivity contribution is 6.29. The van der Waals surface area contributed by atoms with Crippen LogP contribution in [0.15, 0.2) is 0 Å². The monoisotopic (exact) mass is 246 g/mol. The van der Waals surface area contributed by atoms with Crippen molar-refractivity contribution in [1.29, 1.82) is 0 Å². The van der Waals surface area contributed by atoms with Crippen LogP contribution in [0.2, 0.25) is 0 Å². The molecule has 0 amide bonds. The van der Waals surface area contributed by atoms with Crippen LogP contribution in [0.1, 0.15) is 0 Å². The molecule has 17 heavy (non-hydrogen) atoms. The summed E-state index contributed by atoms with van der Waals surface area (Å²) in [6.45, 7) is 0. The lowest BCUT2D eigenvalue weighted by Gasteiger charge is -2.02. The average molecular weight is 246 g/mol. The van der Waals surface area contributed by atoms with Crippen LogP contribution in [0.4, 0.5) is 4.79 Å². The molecule has 8 heteroatoms. The van der Waals surface area contributed by atoms with Gasteiger partial charge in [0.25, 0.3) is 0 Å². The Kier molecular flexibility index (Phi) is 4.02. The maximum atomic E-state index is 11.0. The molecular weight excluding hydrogens is 236 g/mol. The van der Waals surface area contributed by atoms with Gasteiger partial charge in [0.1, 0.15) is 6.29 Å². The van der Waals surface area contributed by atoms with Gasteiger partial charge in [0.05, 0.1) is 20.1 Å². The fourth-order valence-corrected chi connectivity index (χ4v) is 1.14. The van der Waals surface area contributed by atoms with Crippen molar-refractivity contribution in [3.05, 3.63) is 0 Å². The SMILES string of the molecule is COC(=O)O[C@H]1[C@@H](C=O)[C@@H]1OC(=O)C(=O)OC. The quantitative estimate of drug-likeness (QED) is 0.271. The van der Waals surface area contributed by atoms with Gasteiger partial charge in [-0.2, -0.15) is 0 Å². The second-order valence-electron chi connectivity index (χ2n) is 3.11. The van der Waals surface area contributed by atoms with Gasteiger partial charge in [-0.15, -0.1) is 0 Å². The molecule has 1 aliphatic rings. The summed E-state index contributed by atoms with van der Waals surface area (Å²) in [5, 5.41) is 0. The van der Waals surface area contributed by atoms with Gasteiger partial charge in [0.15, 0.2) is 12.2 Å². The van der Waals surface area contributed by atoms with Crippen LogP contribution in [0.5, 0.6) is 0 Å². The predicted molar refractivity (Wildman–Crippen MR) is 48.7 cm³/mol. The molecular formula is C9H10O8. The molecule has 0 saturated heterocycles. The maximum Gasteiger partial charge on any atom is 0.508 e. The number of carbonyl (C=O) groups excluding carboxylic acids is 4. The van der Waals surface area contributed by atoms with Crippen molar-refractivity contribution in [2.75, 3.05) is 14.2 Å². The van der Waals surface area contributed by atoms with Gasteiger partial charge < -0.3 is 23.7 Å². The standard InChI is InChI=1S/C9H10O8/c1-14-7(11)8(12)16-5-4(3-10)6(5)17-9(13)15-2/h3-6H,1-2H3/t4-,5-,6-/m0/s1. The number of rotatable bonds is 3. The van der Waals surface area contributed by atoms with E-state index in [1.54, 1.807) is 0 Å². The molecule has 0 aromatic rings. The first-order valence-electron chi connectivity index (χ1n) is 4.54. The lowest BCUT2D eigenvalue weighted by molar-refractivity contribution is -0.167. The Morgan fingerprint density at radius 2 is 1.53 bits per heavy atom. The van der Waals surface area contributed by atoms with E-state index in [1.165, 1.54) is 0 Å². The van der Waals surface area contributed by atoms with Crippen molar-refractivity contribution in [1.82, 2.24) is 0 Å². The summed E-state index contributed by atoms with van der Waals surface area (Å²) in [5.74, 6) is -3.23. The zero-order chi connectivity index (χ0) is 13.0. The number of carbonyl (C=O) groups is 4. The topological polar surface area (TPSA) is 105 Å². The smallest absolute Gasteiger partial charge is 0.461 e. The first kappa shape index (κ1) is 12.9. The molecule has 0 bridgehead atoms. The van der Waals surface area contributed by atoms with E-state index in [2.05, 4.69) is 18.9 Å². The fraction of sp³-hybridized carbons (Fsp3) is 0.556. The number of methoxy groups -OCH3 is 2. The molecule has 0 heterocycles. The summed E-state index contributed by atoms with van der Waals surface area (Å²) >= 11 is 0. The Labute approximate surface area is 95.8 Å². The zero-order valence-electron chi connectivity index (χ0n) is 9.08. The van der Waals surface area contributed by atoms with Gasteiger partial charge in [-0.3, -0.25) is 0 Å². The summed E-state index contributed by atoms with van der Waals surface area (Å²) in [6, 6.07) is 0. The van der Waals surface area contributed by atoms with Crippen LogP contribution >= 0.6 is 0 Å². The lowest BCUT2D eigenvalue weighted by atomic mass is 10.5. The van der Waals surface area contributed by atoms with E-state index in [4.69, 9.17) is 0 Å². The van der Waals surface area contributed by atoms with Crippen molar-refractivity contribution in [2.24, 2.45) is 5.92 Å². The van der Waals surface area contributed by atoms with Crippen LogP contribution in [-0.2, 0) is 33.3 Å². The Hall–Kier alpha value is -2.12. The second-order valence-corrected chi connectivity index (χ2v) is 3.11. The Morgan fingerprint density at radius 3 is 2.00 bits per heavy atom. The molecule has 8 nitrogen and oxygen atoms in total. The Balaban J connectivity index is 2.49. The number of esters is 2. The van der Waals surface area contributed by atoms with E-state index in [0.717, 1.165) is 14.2 Å². The number of hydrogen-bond donors (Lipinski definition) is 0. The van der Waals surface area contributed by atoms with Crippen molar-refractivity contribution in [3.8, 4) is 0 Å². The molecule has 1 aliphatic carbocycles. The Morgan fingerprint density at radius 1 is 0.941 bits per heavy atom. The fourth-order valence-electron chi connectivity index (χ4n) is 1.14. The highest BCUT2D eigenvalue weighted by Crippen LogP contribution is 2.36. The van der Waals surface area contributed by atoms with Crippen molar-refractivity contribution in [2.45, 2.75) is 12.2 Å². The van der Waals surface area contributed by atoms with Crippen molar-refractivity contribution >= 4 is 24.4 Å². The largest absolute Gasteiger partial charge is 0.508 e. The summed E-state index contributed by atoms with van der Waals surface area (Å²) in [7, 11) is 2.10. The average Bonchev–Trinajstić information content (AvgIpc) is 2.99. The summed E-state index contributed by atoms with van der Waals surface area (Å²) in [6.07, 6.45) is -2.44. The number of ether oxygens (including phenoxy) is 4. The maximum absolute atomic E-state index is 11.0. The van der Waals surface area contributed by atoms with Gasteiger partial charge in [0, 0.05) is 0 Å². The first-order chi connectivity index (χ1) is 8.04. The molecule has 0 radical (unpaired) electrons. The van der Waals surface area contributed by atoms with E-state index in [0.29, 0.717) is 6.29 Å². The summed E-state index contributed by atoms with van der Waals surface area (Å²) < 4.78 is 17.5. The van der Waals surface area contributed by atoms with Crippen LogP contribution in [-0.4, -0.2) is 50.8 Å². The van der Waals surface area contributed by atoms with Crippen LogP contribution in [0.3, 0.4) is 0 Å². The molecule has 1 fully saturated rings. The van der Waals surface area contributed by atoms with Gasteiger partial charge >= 0.3 is 18.1 Å². The van der Waals surface area contributed by atoms with Crippen LogP contribution in [0.25, 0.3) is 0 Å². The zero-order valence-corrected chi connectivity index (χ0v) is 9.08. The van der Waals surface area contributed by atoms with Gasteiger partial charge in [-0.1, -0.05) is 0 Å². The highest BCUT2D eigenvalue weighted by atomic mass is 16.7. The third-order valence-corrected chi connectivity index (χ3v) is 2.09.